The van der Waals surface area contributed by atoms with Crippen molar-refractivity contribution in [2.24, 2.45) is 0 Å². The standard InChI is InChI=1S/C25H36N4O2S/c1-5-21-8-6-7-9-22(21)26-24(30)17-27-11-13-28(14-12-27)25(31)18-29(19(2)3)16-23-20(4)10-15-32-23/h6-10,15,19H,5,11-14,16-18H2,1-4H3,(H,26,30). The molecule has 0 saturated carbocycles. The molecule has 1 aliphatic heterocycles. The lowest BCUT2D eigenvalue weighted by Crippen LogP contribution is -2.52. The van der Waals surface area contributed by atoms with Gasteiger partial charge in [-0.05, 0) is 55.8 Å². The summed E-state index contributed by atoms with van der Waals surface area (Å²) in [4.78, 5) is 33.1. The molecule has 3 rings (SSSR count). The minimum Gasteiger partial charge on any atom is -0.339 e. The molecule has 1 saturated heterocycles. The first-order chi connectivity index (χ1) is 15.4. The van der Waals surface area contributed by atoms with Crippen LogP contribution in [0.15, 0.2) is 35.7 Å². The number of piperazine rings is 1. The lowest BCUT2D eigenvalue weighted by Gasteiger charge is -2.36. The van der Waals surface area contributed by atoms with Crippen molar-refractivity contribution < 1.29 is 9.59 Å². The average molecular weight is 457 g/mol. The Kier molecular flexibility index (Phi) is 8.84. The van der Waals surface area contributed by atoms with Crippen LogP contribution in [0.5, 0.6) is 0 Å². The lowest BCUT2D eigenvalue weighted by molar-refractivity contribution is -0.134. The molecular formula is C25H36N4O2S. The van der Waals surface area contributed by atoms with Crippen LogP contribution in [-0.2, 0) is 22.6 Å². The summed E-state index contributed by atoms with van der Waals surface area (Å²) in [6.45, 7) is 12.9. The summed E-state index contributed by atoms with van der Waals surface area (Å²) in [6, 6.07) is 10.4. The van der Waals surface area contributed by atoms with Crippen molar-refractivity contribution in [1.29, 1.82) is 0 Å². The third kappa shape index (κ3) is 6.64. The maximum absolute atomic E-state index is 13.0. The van der Waals surface area contributed by atoms with E-state index in [-0.39, 0.29) is 11.8 Å². The first kappa shape index (κ1) is 24.4. The van der Waals surface area contributed by atoms with E-state index in [9.17, 15) is 9.59 Å². The van der Waals surface area contributed by atoms with E-state index in [0.717, 1.165) is 37.3 Å². The van der Waals surface area contributed by atoms with Crippen molar-refractivity contribution in [2.75, 3.05) is 44.6 Å². The van der Waals surface area contributed by atoms with Crippen LogP contribution in [0, 0.1) is 6.92 Å². The Morgan fingerprint density at radius 1 is 1.12 bits per heavy atom. The second-order valence-electron chi connectivity index (χ2n) is 8.74. The minimum absolute atomic E-state index is 0.00276. The molecule has 1 fully saturated rings. The highest BCUT2D eigenvalue weighted by Gasteiger charge is 2.25. The van der Waals surface area contributed by atoms with Crippen molar-refractivity contribution in [2.45, 2.75) is 46.7 Å². The normalized spacial score (nSPS) is 14.9. The number of carbonyl (C=O) groups excluding carboxylic acids is 2. The van der Waals surface area contributed by atoms with Crippen LogP contribution >= 0.6 is 11.3 Å². The Labute approximate surface area is 196 Å². The van der Waals surface area contributed by atoms with Gasteiger partial charge in [0.15, 0.2) is 0 Å². The summed E-state index contributed by atoms with van der Waals surface area (Å²) in [6.07, 6.45) is 0.886. The fourth-order valence-electron chi connectivity index (χ4n) is 3.94. The predicted molar refractivity (Wildman–Crippen MR) is 132 cm³/mol. The first-order valence-corrected chi connectivity index (χ1v) is 12.4. The van der Waals surface area contributed by atoms with Crippen LogP contribution in [0.25, 0.3) is 0 Å². The quantitative estimate of drug-likeness (QED) is 0.626. The van der Waals surface area contributed by atoms with Crippen LogP contribution in [0.4, 0.5) is 5.69 Å². The second-order valence-corrected chi connectivity index (χ2v) is 9.74. The van der Waals surface area contributed by atoms with Crippen molar-refractivity contribution in [1.82, 2.24) is 14.7 Å². The number of amides is 2. The highest BCUT2D eigenvalue weighted by Crippen LogP contribution is 2.19. The first-order valence-electron chi connectivity index (χ1n) is 11.5. The van der Waals surface area contributed by atoms with Crippen molar-refractivity contribution in [3.63, 3.8) is 0 Å². The predicted octanol–water partition coefficient (Wildman–Crippen LogP) is 3.61. The molecule has 32 heavy (non-hydrogen) atoms. The van der Waals surface area contributed by atoms with E-state index in [1.807, 2.05) is 29.2 Å². The number of hydrogen-bond donors (Lipinski definition) is 1. The van der Waals surface area contributed by atoms with Crippen LogP contribution in [-0.4, -0.2) is 71.8 Å². The Hall–Kier alpha value is -2.22. The largest absolute Gasteiger partial charge is 0.339 e. The molecule has 0 radical (unpaired) electrons. The smallest absolute Gasteiger partial charge is 0.238 e. The van der Waals surface area contributed by atoms with Crippen molar-refractivity contribution >= 4 is 28.8 Å². The molecule has 0 atom stereocenters. The number of para-hydroxylation sites is 1. The molecule has 1 aliphatic rings. The summed E-state index contributed by atoms with van der Waals surface area (Å²) in [5.74, 6) is 0.178. The van der Waals surface area contributed by atoms with Crippen LogP contribution in [0.2, 0.25) is 0 Å². The fraction of sp³-hybridized carbons (Fsp3) is 0.520. The molecule has 1 N–H and O–H groups in total. The number of aryl methyl sites for hydroxylation is 2. The molecule has 1 aromatic heterocycles. The summed E-state index contributed by atoms with van der Waals surface area (Å²) in [5, 5.41) is 5.15. The molecule has 6 nitrogen and oxygen atoms in total. The summed E-state index contributed by atoms with van der Waals surface area (Å²) >= 11 is 1.76. The van der Waals surface area contributed by atoms with E-state index >= 15 is 0 Å². The van der Waals surface area contributed by atoms with E-state index < -0.39 is 0 Å². The number of thiophene rings is 1. The van der Waals surface area contributed by atoms with E-state index in [2.05, 4.69) is 54.3 Å². The van der Waals surface area contributed by atoms with Crippen LogP contribution in [0.1, 0.15) is 36.8 Å². The number of nitrogens with one attached hydrogen (secondary N) is 1. The summed E-state index contributed by atoms with van der Waals surface area (Å²) < 4.78 is 0. The van der Waals surface area contributed by atoms with Crippen molar-refractivity contribution in [3.8, 4) is 0 Å². The summed E-state index contributed by atoms with van der Waals surface area (Å²) in [5.41, 5.74) is 3.33. The molecule has 0 unspecified atom stereocenters. The van der Waals surface area contributed by atoms with Gasteiger partial charge in [-0.2, -0.15) is 0 Å². The fourth-order valence-corrected chi connectivity index (χ4v) is 4.87. The SMILES string of the molecule is CCc1ccccc1NC(=O)CN1CCN(C(=O)CN(Cc2sccc2C)C(C)C)CC1. The van der Waals surface area contributed by atoms with Gasteiger partial charge in [0.1, 0.15) is 0 Å². The molecular weight excluding hydrogens is 420 g/mol. The van der Waals surface area contributed by atoms with E-state index in [1.54, 1.807) is 11.3 Å². The van der Waals surface area contributed by atoms with Crippen LogP contribution in [0.3, 0.4) is 0 Å². The number of hydrogen-bond acceptors (Lipinski definition) is 5. The van der Waals surface area contributed by atoms with Gasteiger partial charge in [-0.15, -0.1) is 11.3 Å². The lowest BCUT2D eigenvalue weighted by atomic mass is 10.1. The number of rotatable bonds is 9. The van der Waals surface area contributed by atoms with Crippen molar-refractivity contribution in [3.05, 3.63) is 51.7 Å². The number of benzene rings is 1. The highest BCUT2D eigenvalue weighted by molar-refractivity contribution is 7.10. The van der Waals surface area contributed by atoms with E-state index in [1.165, 1.54) is 10.4 Å². The third-order valence-corrected chi connectivity index (χ3v) is 7.16. The third-order valence-electron chi connectivity index (χ3n) is 6.15. The molecule has 174 valence electrons. The second kappa shape index (κ2) is 11.6. The van der Waals surface area contributed by atoms with Gasteiger partial charge in [0.25, 0.3) is 0 Å². The van der Waals surface area contributed by atoms with Gasteiger partial charge < -0.3 is 10.2 Å². The molecule has 7 heteroatoms. The number of carbonyl (C=O) groups is 2. The average Bonchev–Trinajstić information content (AvgIpc) is 3.18. The molecule has 0 bridgehead atoms. The zero-order chi connectivity index (χ0) is 23.1. The molecule has 0 aliphatic carbocycles. The zero-order valence-electron chi connectivity index (χ0n) is 19.8. The Morgan fingerprint density at radius 3 is 2.47 bits per heavy atom. The van der Waals surface area contributed by atoms with Gasteiger partial charge in [-0.25, -0.2) is 0 Å². The molecule has 2 amide bonds. The molecule has 2 aromatic rings. The Bertz CT molecular complexity index is 903. The Morgan fingerprint density at radius 2 is 1.84 bits per heavy atom. The zero-order valence-corrected chi connectivity index (χ0v) is 20.6. The maximum atomic E-state index is 13.0. The Balaban J connectivity index is 1.46. The van der Waals surface area contributed by atoms with Gasteiger partial charge in [0.2, 0.25) is 11.8 Å². The topological polar surface area (TPSA) is 55.9 Å². The van der Waals surface area contributed by atoms with Gasteiger partial charge in [-0.1, -0.05) is 25.1 Å². The van der Waals surface area contributed by atoms with Gasteiger partial charge >= 0.3 is 0 Å². The molecule has 1 aromatic carbocycles. The number of anilines is 1. The van der Waals surface area contributed by atoms with Gasteiger partial charge in [0.05, 0.1) is 13.1 Å². The molecule has 0 spiro atoms. The van der Waals surface area contributed by atoms with Gasteiger partial charge in [-0.3, -0.25) is 19.4 Å². The van der Waals surface area contributed by atoms with Crippen LogP contribution < -0.4 is 5.32 Å². The maximum Gasteiger partial charge on any atom is 0.238 e. The van der Waals surface area contributed by atoms with E-state index in [4.69, 9.17) is 0 Å². The number of nitrogens with zero attached hydrogens (tertiary/aromatic N) is 3. The molecule has 2 heterocycles. The minimum atomic E-state index is 0.00276. The summed E-state index contributed by atoms with van der Waals surface area (Å²) in [7, 11) is 0. The van der Waals surface area contributed by atoms with Gasteiger partial charge in [0, 0.05) is 49.3 Å². The monoisotopic (exact) mass is 456 g/mol. The van der Waals surface area contributed by atoms with E-state index in [0.29, 0.717) is 32.2 Å². The highest BCUT2D eigenvalue weighted by atomic mass is 32.1.